The summed E-state index contributed by atoms with van der Waals surface area (Å²) in [7, 11) is -9.17. The Labute approximate surface area is 144 Å². The summed E-state index contributed by atoms with van der Waals surface area (Å²) in [5.74, 6) is 0. The molecular formula is C6H6Na2O7S2. The van der Waals surface area contributed by atoms with Crippen LogP contribution in [-0.4, -0.2) is 30.5 Å². The first-order valence-electron chi connectivity index (χ1n) is 3.30. The van der Waals surface area contributed by atoms with Gasteiger partial charge in [0.1, 0.15) is 0 Å². The minimum atomic E-state index is -5.17. The fraction of sp³-hybridized carbons (Fsp3) is 0. The Morgan fingerprint density at radius 3 is 1.35 bits per heavy atom. The van der Waals surface area contributed by atoms with E-state index >= 15 is 0 Å². The van der Waals surface area contributed by atoms with Crippen LogP contribution in [0.2, 0.25) is 0 Å². The van der Waals surface area contributed by atoms with E-state index in [1.807, 2.05) is 0 Å². The zero-order valence-electron chi connectivity index (χ0n) is 9.10. The number of hydrogen-bond acceptors (Lipinski definition) is 6. The molecule has 0 spiro atoms. The molecule has 0 fully saturated rings. The molecule has 0 aliphatic carbocycles. The van der Waals surface area contributed by atoms with Crippen LogP contribution in [0.4, 0.5) is 0 Å². The molecule has 86 valence electrons. The van der Waals surface area contributed by atoms with Crippen LogP contribution in [0.5, 0.6) is 0 Å². The van der Waals surface area contributed by atoms with E-state index < -0.39 is 20.5 Å². The first-order chi connectivity index (χ1) is 6.61. The molecular weight excluding hydrogens is 294 g/mol. The van der Waals surface area contributed by atoms with Gasteiger partial charge in [-0.25, -0.2) is 0 Å². The molecule has 0 unspecified atom stereocenters. The normalized spacial score (nSPS) is 10.1. The molecule has 0 aromatic heterocycles. The van der Waals surface area contributed by atoms with Gasteiger partial charge in [0.15, 0.2) is 0 Å². The molecule has 1 aromatic rings. The van der Waals surface area contributed by atoms with Crippen LogP contribution < -0.4 is 59.1 Å². The van der Waals surface area contributed by atoms with Crippen molar-refractivity contribution in [2.24, 2.45) is 0 Å². The molecule has 7 nitrogen and oxygen atoms in total. The zero-order chi connectivity index (χ0) is 12.1. The predicted octanol–water partition coefficient (Wildman–Crippen LogP) is -6.40. The molecule has 0 heterocycles. The van der Waals surface area contributed by atoms with Crippen molar-refractivity contribution in [1.29, 1.82) is 0 Å². The standard InChI is InChI=1S/C6H6O3S.2Na.H2O4S/c7-10(8,9)6-4-2-1-3-5-6;;;1-5(2,3)4/h1-5H,(H,7,8,9);;;(H2,1,2,3,4)/q;2*+1;/p-2. The molecule has 1 N–H and O–H groups in total. The van der Waals surface area contributed by atoms with Crippen LogP contribution in [0.15, 0.2) is 35.2 Å². The second kappa shape index (κ2) is 9.87. The largest absolute Gasteiger partial charge is 1.00 e. The maximum atomic E-state index is 10.4. The van der Waals surface area contributed by atoms with Crippen molar-refractivity contribution in [3.63, 3.8) is 0 Å². The fourth-order valence-electron chi connectivity index (χ4n) is 0.592. The minimum absolute atomic E-state index is 0. The molecule has 1 rings (SSSR count). The first-order valence-corrected chi connectivity index (χ1v) is 6.07. The van der Waals surface area contributed by atoms with Crippen molar-refractivity contribution in [2.75, 3.05) is 0 Å². The van der Waals surface area contributed by atoms with Crippen LogP contribution >= 0.6 is 0 Å². The third kappa shape index (κ3) is 17.0. The Hall–Kier alpha value is 1.000. The van der Waals surface area contributed by atoms with Crippen molar-refractivity contribution < 1.29 is 89.6 Å². The van der Waals surface area contributed by atoms with Gasteiger partial charge in [-0.15, -0.1) is 0 Å². The Balaban J connectivity index is -0.000000247. The van der Waals surface area contributed by atoms with Gasteiger partial charge in [0.25, 0.3) is 10.1 Å². The van der Waals surface area contributed by atoms with E-state index in [0.717, 1.165) is 0 Å². The van der Waals surface area contributed by atoms with E-state index in [1.54, 1.807) is 18.2 Å². The van der Waals surface area contributed by atoms with Crippen LogP contribution in [0.3, 0.4) is 0 Å². The van der Waals surface area contributed by atoms with E-state index in [1.165, 1.54) is 12.1 Å². The fourth-order valence-corrected chi connectivity index (χ4v) is 1.09. The Bertz CT molecular complexity index is 488. The van der Waals surface area contributed by atoms with Crippen molar-refractivity contribution in [3.05, 3.63) is 30.3 Å². The topological polar surface area (TPSA) is 135 Å². The van der Waals surface area contributed by atoms with Gasteiger partial charge in [0.05, 0.1) is 4.90 Å². The van der Waals surface area contributed by atoms with Crippen molar-refractivity contribution in [1.82, 2.24) is 0 Å². The number of benzene rings is 1. The van der Waals surface area contributed by atoms with Gasteiger partial charge in [-0.2, -0.15) is 8.42 Å². The third-order valence-electron chi connectivity index (χ3n) is 1.04. The van der Waals surface area contributed by atoms with Crippen molar-refractivity contribution >= 4 is 20.5 Å². The van der Waals surface area contributed by atoms with Crippen molar-refractivity contribution in [3.8, 4) is 0 Å². The van der Waals surface area contributed by atoms with E-state index in [0.29, 0.717) is 0 Å². The van der Waals surface area contributed by atoms with E-state index in [2.05, 4.69) is 0 Å². The SMILES string of the molecule is O=S(=O)(O)c1ccccc1.O=S(=O)([O-])[O-].[Na+].[Na+]. The summed E-state index contributed by atoms with van der Waals surface area (Å²) in [5.41, 5.74) is 0. The van der Waals surface area contributed by atoms with Crippen molar-refractivity contribution in [2.45, 2.75) is 4.90 Å². The smallest absolute Gasteiger partial charge is 0.759 e. The minimum Gasteiger partial charge on any atom is -0.759 e. The molecule has 0 bridgehead atoms. The Morgan fingerprint density at radius 1 is 0.882 bits per heavy atom. The van der Waals surface area contributed by atoms with Crippen LogP contribution in [0.25, 0.3) is 0 Å². The number of hydrogen-bond donors (Lipinski definition) is 1. The van der Waals surface area contributed by atoms with Crippen LogP contribution in [0.1, 0.15) is 0 Å². The van der Waals surface area contributed by atoms with Gasteiger partial charge in [0, 0.05) is 10.4 Å². The van der Waals surface area contributed by atoms with E-state index in [-0.39, 0.29) is 64.0 Å². The molecule has 0 saturated carbocycles. The second-order valence-corrected chi connectivity index (χ2v) is 4.43. The molecule has 17 heavy (non-hydrogen) atoms. The van der Waals surface area contributed by atoms with E-state index in [4.69, 9.17) is 22.1 Å². The monoisotopic (exact) mass is 300 g/mol. The molecule has 0 atom stereocenters. The average molecular weight is 300 g/mol. The average Bonchev–Trinajstić information content (AvgIpc) is 2.01. The summed E-state index contributed by atoms with van der Waals surface area (Å²) in [6.07, 6.45) is 0. The summed E-state index contributed by atoms with van der Waals surface area (Å²) in [6, 6.07) is 7.42. The summed E-state index contributed by atoms with van der Waals surface area (Å²) >= 11 is 0. The summed E-state index contributed by atoms with van der Waals surface area (Å²) in [6.45, 7) is 0. The Morgan fingerprint density at radius 2 is 1.18 bits per heavy atom. The Kier molecular flexibility index (Phi) is 13.4. The first kappa shape index (κ1) is 23.1. The second-order valence-electron chi connectivity index (χ2n) is 2.20. The summed E-state index contributed by atoms with van der Waals surface area (Å²) in [5, 5.41) is 0. The van der Waals surface area contributed by atoms with Gasteiger partial charge in [0.2, 0.25) is 0 Å². The van der Waals surface area contributed by atoms with E-state index in [9.17, 15) is 8.42 Å². The summed E-state index contributed by atoms with van der Waals surface area (Å²) in [4.78, 5) is -0.0741. The van der Waals surface area contributed by atoms with Gasteiger partial charge in [-0.05, 0) is 12.1 Å². The molecule has 0 aliphatic heterocycles. The maximum absolute atomic E-state index is 10.4. The van der Waals surface area contributed by atoms with Gasteiger partial charge in [-0.3, -0.25) is 13.0 Å². The summed E-state index contributed by atoms with van der Waals surface area (Å²) < 4.78 is 63.3. The zero-order valence-corrected chi connectivity index (χ0v) is 14.7. The van der Waals surface area contributed by atoms with Gasteiger partial charge in [-0.1, -0.05) is 18.2 Å². The maximum Gasteiger partial charge on any atom is 1.00 e. The van der Waals surface area contributed by atoms with Gasteiger partial charge < -0.3 is 9.11 Å². The van der Waals surface area contributed by atoms with Crippen LogP contribution in [-0.2, 0) is 20.5 Å². The molecule has 0 amide bonds. The molecule has 0 aliphatic rings. The third-order valence-corrected chi connectivity index (χ3v) is 1.91. The molecule has 0 saturated heterocycles. The van der Waals surface area contributed by atoms with Crippen LogP contribution in [0, 0.1) is 0 Å². The van der Waals surface area contributed by atoms with Gasteiger partial charge >= 0.3 is 59.1 Å². The predicted molar refractivity (Wildman–Crippen MR) is 46.7 cm³/mol. The molecule has 0 radical (unpaired) electrons. The number of rotatable bonds is 1. The quantitative estimate of drug-likeness (QED) is 0.309. The molecule has 1 aromatic carbocycles. The molecule has 11 heteroatoms.